The fraction of sp³-hybridized carbons (Fsp3) is 0.400. The first kappa shape index (κ1) is 17.4. The van der Waals surface area contributed by atoms with Crippen molar-refractivity contribution in [2.45, 2.75) is 24.9 Å². The van der Waals surface area contributed by atoms with Crippen LogP contribution in [0.25, 0.3) is 22.3 Å². The van der Waals surface area contributed by atoms with Crippen LogP contribution in [-0.4, -0.2) is 46.5 Å². The minimum Gasteiger partial charge on any atom is -0.378 e. The number of H-pyrrole nitrogens is 1. The van der Waals surface area contributed by atoms with Crippen molar-refractivity contribution in [1.29, 1.82) is 0 Å². The van der Waals surface area contributed by atoms with E-state index in [0.717, 1.165) is 60.5 Å². The summed E-state index contributed by atoms with van der Waals surface area (Å²) in [5, 5.41) is 1.76. The van der Waals surface area contributed by atoms with Gasteiger partial charge >= 0.3 is 0 Å². The van der Waals surface area contributed by atoms with E-state index < -0.39 is 0 Å². The number of aromatic amines is 1. The normalized spacial score (nSPS) is 15.1. The second kappa shape index (κ2) is 7.68. The van der Waals surface area contributed by atoms with E-state index in [1.165, 1.54) is 5.39 Å². The molecule has 1 aromatic carbocycles. The zero-order valence-corrected chi connectivity index (χ0v) is 16.1. The van der Waals surface area contributed by atoms with Gasteiger partial charge < -0.3 is 14.6 Å². The number of ether oxygens (including phenoxy) is 1. The molecule has 0 saturated carbocycles. The molecule has 1 aliphatic heterocycles. The van der Waals surface area contributed by atoms with E-state index in [-0.39, 0.29) is 0 Å². The predicted molar refractivity (Wildman–Crippen MR) is 109 cm³/mol. The number of aromatic nitrogens is 3. The van der Waals surface area contributed by atoms with E-state index in [2.05, 4.69) is 54.1 Å². The van der Waals surface area contributed by atoms with Gasteiger partial charge in [-0.05, 0) is 29.5 Å². The summed E-state index contributed by atoms with van der Waals surface area (Å²) in [7, 11) is 0. The number of fused-ring (bicyclic) bond motifs is 1. The second-order valence-electron chi connectivity index (χ2n) is 6.78. The van der Waals surface area contributed by atoms with Gasteiger partial charge in [0.1, 0.15) is 5.82 Å². The van der Waals surface area contributed by atoms with Crippen LogP contribution in [0.15, 0.2) is 36.5 Å². The van der Waals surface area contributed by atoms with Crippen LogP contribution in [0.4, 0.5) is 5.82 Å². The molecule has 1 fully saturated rings. The summed E-state index contributed by atoms with van der Waals surface area (Å²) in [5.74, 6) is 2.71. The van der Waals surface area contributed by atoms with Crippen molar-refractivity contribution in [2.75, 3.05) is 31.2 Å². The maximum absolute atomic E-state index is 5.49. The van der Waals surface area contributed by atoms with Gasteiger partial charge in [0.2, 0.25) is 0 Å². The van der Waals surface area contributed by atoms with Gasteiger partial charge in [0, 0.05) is 47.6 Å². The fourth-order valence-corrected chi connectivity index (χ4v) is 3.74. The standard InChI is InChI=1S/C20H24N4OS/c1-14(2)26-13-17-12-19(24-7-9-25-10-8-24)23-20(22-17)16-3-4-18-15(11-16)5-6-21-18/h3-6,11-12,14,21H,7-10,13H2,1-2H3. The highest BCUT2D eigenvalue weighted by molar-refractivity contribution is 7.99. The number of nitrogens with zero attached hydrogens (tertiary/aromatic N) is 3. The zero-order chi connectivity index (χ0) is 17.9. The summed E-state index contributed by atoms with van der Waals surface area (Å²) in [6.07, 6.45) is 1.96. The smallest absolute Gasteiger partial charge is 0.161 e. The summed E-state index contributed by atoms with van der Waals surface area (Å²) in [5.41, 5.74) is 3.28. The van der Waals surface area contributed by atoms with Crippen LogP contribution in [0.1, 0.15) is 19.5 Å². The molecule has 2 aromatic heterocycles. The molecule has 0 radical (unpaired) electrons. The molecule has 4 rings (SSSR count). The lowest BCUT2D eigenvalue weighted by Gasteiger charge is -2.28. The number of morpholine rings is 1. The van der Waals surface area contributed by atoms with Crippen molar-refractivity contribution in [1.82, 2.24) is 15.0 Å². The number of benzene rings is 1. The molecule has 0 unspecified atom stereocenters. The Morgan fingerprint density at radius 3 is 2.81 bits per heavy atom. The van der Waals surface area contributed by atoms with Crippen molar-refractivity contribution in [3.63, 3.8) is 0 Å². The molecule has 6 heteroatoms. The molecule has 1 saturated heterocycles. The average Bonchev–Trinajstić information content (AvgIpc) is 3.14. The summed E-state index contributed by atoms with van der Waals surface area (Å²) < 4.78 is 5.49. The molecule has 3 aromatic rings. The second-order valence-corrected chi connectivity index (χ2v) is 8.34. The Morgan fingerprint density at radius 2 is 2.00 bits per heavy atom. The monoisotopic (exact) mass is 368 g/mol. The third-order valence-corrected chi connectivity index (χ3v) is 5.61. The first-order valence-corrected chi connectivity index (χ1v) is 10.1. The minimum atomic E-state index is 0.580. The van der Waals surface area contributed by atoms with E-state index in [9.17, 15) is 0 Å². The Morgan fingerprint density at radius 1 is 1.15 bits per heavy atom. The topological polar surface area (TPSA) is 54.0 Å². The number of thioether (sulfide) groups is 1. The van der Waals surface area contributed by atoms with Crippen LogP contribution >= 0.6 is 11.8 Å². The first-order valence-electron chi connectivity index (χ1n) is 9.09. The molecule has 0 spiro atoms. The van der Waals surface area contributed by atoms with Gasteiger partial charge in [-0.15, -0.1) is 0 Å². The number of nitrogens with one attached hydrogen (secondary N) is 1. The Labute approximate surface area is 158 Å². The Hall–Kier alpha value is -2.05. The highest BCUT2D eigenvalue weighted by Crippen LogP contribution is 2.26. The Kier molecular flexibility index (Phi) is 5.13. The van der Waals surface area contributed by atoms with Gasteiger partial charge in [-0.1, -0.05) is 13.8 Å². The van der Waals surface area contributed by atoms with Crippen LogP contribution in [-0.2, 0) is 10.5 Å². The van der Waals surface area contributed by atoms with E-state index >= 15 is 0 Å². The van der Waals surface area contributed by atoms with Gasteiger partial charge in [-0.25, -0.2) is 9.97 Å². The Balaban J connectivity index is 1.72. The number of anilines is 1. The molecule has 26 heavy (non-hydrogen) atoms. The van der Waals surface area contributed by atoms with Crippen molar-refractivity contribution in [3.05, 3.63) is 42.2 Å². The third-order valence-electron chi connectivity index (χ3n) is 4.48. The summed E-state index contributed by atoms with van der Waals surface area (Å²) in [6, 6.07) is 10.6. The molecular weight excluding hydrogens is 344 g/mol. The molecular formula is C20H24N4OS. The summed E-state index contributed by atoms with van der Waals surface area (Å²) >= 11 is 1.91. The van der Waals surface area contributed by atoms with Gasteiger partial charge in [0.05, 0.1) is 18.9 Å². The molecule has 136 valence electrons. The van der Waals surface area contributed by atoms with Gasteiger partial charge in [-0.3, -0.25) is 0 Å². The van der Waals surface area contributed by atoms with Crippen molar-refractivity contribution >= 4 is 28.5 Å². The van der Waals surface area contributed by atoms with Gasteiger partial charge in [0.15, 0.2) is 5.82 Å². The van der Waals surface area contributed by atoms with Gasteiger partial charge in [0.25, 0.3) is 0 Å². The summed E-state index contributed by atoms with van der Waals surface area (Å²) in [6.45, 7) is 7.70. The average molecular weight is 369 g/mol. The van der Waals surface area contributed by atoms with Crippen LogP contribution in [0.3, 0.4) is 0 Å². The molecule has 3 heterocycles. The molecule has 0 atom stereocenters. The molecule has 0 aliphatic carbocycles. The first-order chi connectivity index (χ1) is 12.7. The van der Waals surface area contributed by atoms with E-state index in [1.54, 1.807) is 0 Å². The van der Waals surface area contributed by atoms with Crippen LogP contribution < -0.4 is 4.90 Å². The van der Waals surface area contributed by atoms with Gasteiger partial charge in [-0.2, -0.15) is 11.8 Å². The highest BCUT2D eigenvalue weighted by Gasteiger charge is 2.16. The zero-order valence-electron chi connectivity index (χ0n) is 15.2. The lowest BCUT2D eigenvalue weighted by atomic mass is 10.1. The van der Waals surface area contributed by atoms with Crippen molar-refractivity contribution < 1.29 is 4.74 Å². The SMILES string of the molecule is CC(C)SCc1cc(N2CCOCC2)nc(-c2ccc3[nH]ccc3c2)n1. The fourth-order valence-electron chi connectivity index (χ4n) is 3.09. The minimum absolute atomic E-state index is 0.580. The summed E-state index contributed by atoms with van der Waals surface area (Å²) in [4.78, 5) is 15.3. The lowest BCUT2D eigenvalue weighted by Crippen LogP contribution is -2.37. The number of hydrogen-bond acceptors (Lipinski definition) is 5. The lowest BCUT2D eigenvalue weighted by molar-refractivity contribution is 0.122. The molecule has 1 aliphatic rings. The van der Waals surface area contributed by atoms with E-state index in [1.807, 2.05) is 18.0 Å². The quantitative estimate of drug-likeness (QED) is 0.735. The maximum Gasteiger partial charge on any atom is 0.161 e. The molecule has 1 N–H and O–H groups in total. The van der Waals surface area contributed by atoms with Crippen molar-refractivity contribution in [2.24, 2.45) is 0 Å². The third kappa shape index (κ3) is 3.86. The maximum atomic E-state index is 5.49. The molecule has 5 nitrogen and oxygen atoms in total. The van der Waals surface area contributed by atoms with Crippen molar-refractivity contribution in [3.8, 4) is 11.4 Å². The highest BCUT2D eigenvalue weighted by atomic mass is 32.2. The molecule has 0 bridgehead atoms. The predicted octanol–water partition coefficient (Wildman–Crippen LogP) is 4.10. The van der Waals surface area contributed by atoms with Crippen LogP contribution in [0, 0.1) is 0 Å². The van der Waals surface area contributed by atoms with E-state index in [0.29, 0.717) is 5.25 Å². The largest absolute Gasteiger partial charge is 0.378 e. The van der Waals surface area contributed by atoms with Crippen LogP contribution in [0.5, 0.6) is 0 Å². The van der Waals surface area contributed by atoms with Crippen LogP contribution in [0.2, 0.25) is 0 Å². The van der Waals surface area contributed by atoms with E-state index in [4.69, 9.17) is 14.7 Å². The molecule has 0 amide bonds. The Bertz CT molecular complexity index is 886. The number of rotatable bonds is 5. The number of hydrogen-bond donors (Lipinski definition) is 1.